The molecule has 1 saturated heterocycles. The second-order valence-electron chi connectivity index (χ2n) is 9.81. The van der Waals surface area contributed by atoms with E-state index in [0.29, 0.717) is 11.6 Å². The SMILES string of the molecule is CC(C)(C=O)CN1CCN(Cc2cnc3cc(Oc4ccc(-c5ccn[nH]5)cn4)ccc3c2)CC1. The standard InChI is InChI=1S/C27H30N6O2/c1-27(2,19-34)18-33-11-9-32(10-12-33)17-20-13-21-3-5-23(14-25(21)28-15-20)35-26-6-4-22(16-29-26)24-7-8-30-31-24/h3-8,13-16,19H,9-12,17-18H2,1-2H3,(H,30,31). The fourth-order valence-corrected chi connectivity index (χ4v) is 4.41. The van der Waals surface area contributed by atoms with Gasteiger partial charge in [0.15, 0.2) is 0 Å². The van der Waals surface area contributed by atoms with Crippen LogP contribution in [-0.4, -0.2) is 69.0 Å². The minimum absolute atomic E-state index is 0.285. The number of aromatic amines is 1. The highest BCUT2D eigenvalue weighted by Gasteiger charge is 2.24. The van der Waals surface area contributed by atoms with Gasteiger partial charge in [-0.1, -0.05) is 13.8 Å². The molecule has 0 aliphatic carbocycles. The Morgan fingerprint density at radius 2 is 1.83 bits per heavy atom. The quantitative estimate of drug-likeness (QED) is 0.387. The van der Waals surface area contributed by atoms with Gasteiger partial charge in [0, 0.05) is 86.4 Å². The van der Waals surface area contributed by atoms with E-state index >= 15 is 0 Å². The fourth-order valence-electron chi connectivity index (χ4n) is 4.41. The molecule has 4 aromatic rings. The number of rotatable bonds is 8. The number of fused-ring (bicyclic) bond motifs is 1. The van der Waals surface area contributed by atoms with E-state index in [1.807, 2.05) is 56.4 Å². The summed E-state index contributed by atoms with van der Waals surface area (Å²) in [6.45, 7) is 9.63. The molecular weight excluding hydrogens is 440 g/mol. The summed E-state index contributed by atoms with van der Waals surface area (Å²) in [4.78, 5) is 25.1. The number of aromatic nitrogens is 4. The molecule has 0 bridgehead atoms. The number of pyridine rings is 2. The van der Waals surface area contributed by atoms with Gasteiger partial charge in [0.2, 0.25) is 5.88 Å². The molecule has 0 unspecified atom stereocenters. The molecule has 1 fully saturated rings. The number of ether oxygens (including phenoxy) is 1. The lowest BCUT2D eigenvalue weighted by Crippen LogP contribution is -2.48. The van der Waals surface area contributed by atoms with E-state index < -0.39 is 0 Å². The first-order valence-electron chi connectivity index (χ1n) is 11.9. The molecule has 5 rings (SSSR count). The van der Waals surface area contributed by atoms with Crippen LogP contribution in [0.25, 0.3) is 22.2 Å². The Morgan fingerprint density at radius 3 is 2.54 bits per heavy atom. The van der Waals surface area contributed by atoms with Crippen LogP contribution in [0.2, 0.25) is 0 Å². The average Bonchev–Trinajstić information content (AvgIpc) is 3.41. The van der Waals surface area contributed by atoms with Crippen LogP contribution in [0.15, 0.2) is 61.1 Å². The van der Waals surface area contributed by atoms with Crippen molar-refractivity contribution >= 4 is 17.2 Å². The number of H-pyrrole nitrogens is 1. The molecular formula is C27H30N6O2. The number of nitrogens with one attached hydrogen (secondary N) is 1. The fraction of sp³-hybridized carbons (Fsp3) is 0.333. The molecule has 8 nitrogen and oxygen atoms in total. The lowest BCUT2D eigenvalue weighted by Gasteiger charge is -2.37. The normalized spacial score (nSPS) is 15.4. The van der Waals surface area contributed by atoms with E-state index in [4.69, 9.17) is 4.74 Å². The Kier molecular flexibility index (Phi) is 6.57. The molecule has 1 aromatic carbocycles. The van der Waals surface area contributed by atoms with Crippen LogP contribution in [0.1, 0.15) is 19.4 Å². The molecule has 0 spiro atoms. The van der Waals surface area contributed by atoms with Crippen LogP contribution >= 0.6 is 0 Å². The van der Waals surface area contributed by atoms with E-state index in [2.05, 4.69) is 36.0 Å². The summed E-state index contributed by atoms with van der Waals surface area (Å²) in [5.41, 5.74) is 3.67. The molecule has 4 heterocycles. The van der Waals surface area contributed by atoms with Crippen LogP contribution in [0.4, 0.5) is 0 Å². The average molecular weight is 471 g/mol. The zero-order chi connectivity index (χ0) is 24.3. The number of nitrogens with zero attached hydrogens (tertiary/aromatic N) is 5. The monoisotopic (exact) mass is 470 g/mol. The summed E-state index contributed by atoms with van der Waals surface area (Å²) in [7, 11) is 0. The molecule has 0 amide bonds. The van der Waals surface area contributed by atoms with Gasteiger partial charge in [-0.05, 0) is 35.9 Å². The van der Waals surface area contributed by atoms with Gasteiger partial charge in [0.1, 0.15) is 12.0 Å². The minimum atomic E-state index is -0.285. The van der Waals surface area contributed by atoms with Crippen molar-refractivity contribution in [2.45, 2.75) is 20.4 Å². The van der Waals surface area contributed by atoms with Crippen molar-refractivity contribution in [1.82, 2.24) is 30.0 Å². The predicted molar refractivity (Wildman–Crippen MR) is 135 cm³/mol. The molecule has 180 valence electrons. The third kappa shape index (κ3) is 5.72. The molecule has 0 saturated carbocycles. The third-order valence-electron chi connectivity index (χ3n) is 6.30. The highest BCUT2D eigenvalue weighted by molar-refractivity contribution is 5.80. The van der Waals surface area contributed by atoms with Gasteiger partial charge in [-0.25, -0.2) is 4.98 Å². The molecule has 35 heavy (non-hydrogen) atoms. The van der Waals surface area contributed by atoms with Crippen molar-refractivity contribution in [2.75, 3.05) is 32.7 Å². The third-order valence-corrected chi connectivity index (χ3v) is 6.30. The number of benzene rings is 1. The Hall–Kier alpha value is -3.62. The zero-order valence-corrected chi connectivity index (χ0v) is 20.1. The van der Waals surface area contributed by atoms with Crippen molar-refractivity contribution in [1.29, 1.82) is 0 Å². The smallest absolute Gasteiger partial charge is 0.219 e. The van der Waals surface area contributed by atoms with Crippen molar-refractivity contribution in [3.63, 3.8) is 0 Å². The molecule has 1 N–H and O–H groups in total. The Morgan fingerprint density at radius 1 is 1.00 bits per heavy atom. The number of carbonyl (C=O) groups is 1. The first kappa shape index (κ1) is 23.1. The van der Waals surface area contributed by atoms with Gasteiger partial charge in [-0.2, -0.15) is 5.10 Å². The van der Waals surface area contributed by atoms with Crippen molar-refractivity contribution in [3.05, 3.63) is 66.6 Å². The molecule has 1 aliphatic heterocycles. The summed E-state index contributed by atoms with van der Waals surface area (Å²) < 4.78 is 5.95. The van der Waals surface area contributed by atoms with Gasteiger partial charge >= 0.3 is 0 Å². The Balaban J connectivity index is 1.19. The maximum Gasteiger partial charge on any atom is 0.219 e. The van der Waals surface area contributed by atoms with Crippen molar-refractivity contribution in [2.24, 2.45) is 5.41 Å². The summed E-state index contributed by atoms with van der Waals surface area (Å²) in [6, 6.07) is 13.8. The number of piperazine rings is 1. The number of hydrogen-bond donors (Lipinski definition) is 1. The summed E-state index contributed by atoms with van der Waals surface area (Å²) in [6.07, 6.45) is 6.49. The van der Waals surface area contributed by atoms with Gasteiger partial charge < -0.3 is 9.53 Å². The minimum Gasteiger partial charge on any atom is -0.439 e. The summed E-state index contributed by atoms with van der Waals surface area (Å²) in [5.74, 6) is 1.23. The lowest BCUT2D eigenvalue weighted by molar-refractivity contribution is -0.115. The molecule has 0 atom stereocenters. The maximum atomic E-state index is 11.2. The van der Waals surface area contributed by atoms with Crippen molar-refractivity contribution < 1.29 is 9.53 Å². The van der Waals surface area contributed by atoms with E-state index in [1.165, 1.54) is 5.56 Å². The van der Waals surface area contributed by atoms with E-state index in [0.717, 1.165) is 67.7 Å². The Labute approximate surface area is 205 Å². The van der Waals surface area contributed by atoms with E-state index in [9.17, 15) is 4.79 Å². The second kappa shape index (κ2) is 9.93. The van der Waals surface area contributed by atoms with E-state index in [-0.39, 0.29) is 5.41 Å². The first-order valence-corrected chi connectivity index (χ1v) is 11.9. The number of aldehydes is 1. The van der Waals surface area contributed by atoms with Gasteiger partial charge in [-0.15, -0.1) is 0 Å². The lowest BCUT2D eigenvalue weighted by atomic mass is 9.95. The van der Waals surface area contributed by atoms with Crippen LogP contribution < -0.4 is 4.74 Å². The summed E-state index contributed by atoms with van der Waals surface area (Å²) >= 11 is 0. The van der Waals surface area contributed by atoms with Crippen LogP contribution in [-0.2, 0) is 11.3 Å². The van der Waals surface area contributed by atoms with Crippen LogP contribution in [0.5, 0.6) is 11.6 Å². The van der Waals surface area contributed by atoms with Gasteiger partial charge in [-0.3, -0.25) is 19.9 Å². The maximum absolute atomic E-state index is 11.2. The van der Waals surface area contributed by atoms with Crippen molar-refractivity contribution in [3.8, 4) is 22.9 Å². The number of carbonyl (C=O) groups excluding carboxylic acids is 1. The molecule has 1 aliphatic rings. The highest BCUT2D eigenvalue weighted by Crippen LogP contribution is 2.26. The highest BCUT2D eigenvalue weighted by atomic mass is 16.5. The number of hydrogen-bond acceptors (Lipinski definition) is 7. The van der Waals surface area contributed by atoms with E-state index in [1.54, 1.807) is 12.4 Å². The Bertz CT molecular complexity index is 1280. The molecule has 3 aromatic heterocycles. The topological polar surface area (TPSA) is 87.2 Å². The molecule has 8 heteroatoms. The predicted octanol–water partition coefficient (Wildman–Crippen LogP) is 4.15. The zero-order valence-electron chi connectivity index (χ0n) is 20.1. The molecule has 0 radical (unpaired) electrons. The summed E-state index contributed by atoms with van der Waals surface area (Å²) in [5, 5.41) is 7.98. The van der Waals surface area contributed by atoms with Gasteiger partial charge in [0.05, 0.1) is 11.2 Å². The van der Waals surface area contributed by atoms with Crippen LogP contribution in [0.3, 0.4) is 0 Å². The van der Waals surface area contributed by atoms with Gasteiger partial charge in [0.25, 0.3) is 0 Å². The first-order chi connectivity index (χ1) is 17.0. The van der Waals surface area contributed by atoms with Crippen LogP contribution in [0, 0.1) is 5.41 Å². The largest absolute Gasteiger partial charge is 0.439 e. The second-order valence-corrected chi connectivity index (χ2v) is 9.81.